The standard InChI is InChI=1S/C38H27N3S/c39-37(28-12-5-2-6-13-28)41-38(40)32-15-8-7-14-30(32)31-16-9-17-35-36(31)33-24-29(22-23-34(33)42-35)27-20-18-26(19-21-27)25-10-3-1-4-11-25/h1-24H,(H3,39,40,41). The number of hydrogen-bond donors (Lipinski definition) is 2. The van der Waals surface area contributed by atoms with Gasteiger partial charge in [-0.05, 0) is 51.6 Å². The molecule has 0 aliphatic carbocycles. The average Bonchev–Trinajstić information content (AvgIpc) is 3.44. The van der Waals surface area contributed by atoms with E-state index >= 15 is 0 Å². The molecule has 0 atom stereocenters. The van der Waals surface area contributed by atoms with Gasteiger partial charge >= 0.3 is 0 Å². The van der Waals surface area contributed by atoms with Gasteiger partial charge in [-0.3, -0.25) is 5.41 Å². The molecule has 200 valence electrons. The Morgan fingerprint density at radius 2 is 1.14 bits per heavy atom. The summed E-state index contributed by atoms with van der Waals surface area (Å²) in [7, 11) is 0. The molecule has 6 aromatic carbocycles. The Morgan fingerprint density at radius 3 is 1.90 bits per heavy atom. The van der Waals surface area contributed by atoms with Crippen LogP contribution in [0.2, 0.25) is 0 Å². The third-order valence-corrected chi connectivity index (χ3v) is 8.73. The molecule has 42 heavy (non-hydrogen) atoms. The molecule has 7 aromatic rings. The summed E-state index contributed by atoms with van der Waals surface area (Å²) in [6.45, 7) is 0. The van der Waals surface area contributed by atoms with Crippen LogP contribution in [0.25, 0.3) is 53.6 Å². The van der Waals surface area contributed by atoms with Crippen molar-refractivity contribution in [2.75, 3.05) is 0 Å². The van der Waals surface area contributed by atoms with E-state index in [0.29, 0.717) is 5.84 Å². The lowest BCUT2D eigenvalue weighted by Crippen LogP contribution is -2.16. The summed E-state index contributed by atoms with van der Waals surface area (Å²) in [6.07, 6.45) is 0. The van der Waals surface area contributed by atoms with E-state index in [9.17, 15) is 0 Å². The van der Waals surface area contributed by atoms with Crippen LogP contribution in [-0.2, 0) is 0 Å². The number of thiophene rings is 1. The summed E-state index contributed by atoms with van der Waals surface area (Å²) in [6, 6.07) is 50.0. The number of nitrogens with zero attached hydrogens (tertiary/aromatic N) is 1. The van der Waals surface area contributed by atoms with Crippen molar-refractivity contribution in [3.8, 4) is 33.4 Å². The SMILES string of the molecule is N=C(N=C(N)c1ccccc1)c1ccccc1-c1cccc2sc3ccc(-c4ccc(-c5ccccc5)cc4)cc3c12. The highest BCUT2D eigenvalue weighted by molar-refractivity contribution is 7.26. The number of fused-ring (bicyclic) bond motifs is 3. The fourth-order valence-corrected chi connectivity index (χ4v) is 6.61. The predicted molar refractivity (Wildman–Crippen MR) is 180 cm³/mol. The molecule has 0 saturated heterocycles. The Kier molecular flexibility index (Phi) is 6.67. The highest BCUT2D eigenvalue weighted by atomic mass is 32.1. The quantitative estimate of drug-likeness (QED) is 0.161. The Hall–Kier alpha value is -5.32. The van der Waals surface area contributed by atoms with E-state index in [1.165, 1.54) is 42.4 Å². The zero-order valence-electron chi connectivity index (χ0n) is 22.8. The van der Waals surface area contributed by atoms with E-state index in [1.54, 1.807) is 11.3 Å². The molecule has 0 unspecified atom stereocenters. The third-order valence-electron chi connectivity index (χ3n) is 7.59. The lowest BCUT2D eigenvalue weighted by atomic mass is 9.94. The van der Waals surface area contributed by atoms with Crippen molar-refractivity contribution < 1.29 is 0 Å². The summed E-state index contributed by atoms with van der Waals surface area (Å²) >= 11 is 1.80. The first kappa shape index (κ1) is 25.6. The molecule has 3 N–H and O–H groups in total. The molecule has 0 saturated carbocycles. The molecule has 0 spiro atoms. The van der Waals surface area contributed by atoms with Gasteiger partial charge in [-0.1, -0.05) is 127 Å². The van der Waals surface area contributed by atoms with Crippen LogP contribution < -0.4 is 5.73 Å². The molecule has 0 aliphatic heterocycles. The Bertz CT molecular complexity index is 2090. The van der Waals surface area contributed by atoms with Gasteiger partial charge in [-0.25, -0.2) is 4.99 Å². The number of nitrogens with one attached hydrogen (secondary N) is 1. The van der Waals surface area contributed by atoms with Crippen LogP contribution in [0.4, 0.5) is 0 Å². The molecule has 3 nitrogen and oxygen atoms in total. The first-order valence-electron chi connectivity index (χ1n) is 13.8. The number of aliphatic imine (C=N–C) groups is 1. The van der Waals surface area contributed by atoms with Crippen LogP contribution in [0, 0.1) is 5.41 Å². The van der Waals surface area contributed by atoms with Gasteiger partial charge in [0.15, 0.2) is 5.84 Å². The third kappa shape index (κ3) is 4.78. The molecule has 0 fully saturated rings. The maximum Gasteiger partial charge on any atom is 0.154 e. The smallest absolute Gasteiger partial charge is 0.154 e. The normalized spacial score (nSPS) is 11.7. The van der Waals surface area contributed by atoms with Gasteiger partial charge in [0, 0.05) is 31.3 Å². The first-order chi connectivity index (χ1) is 20.7. The van der Waals surface area contributed by atoms with Crippen molar-refractivity contribution in [2.45, 2.75) is 0 Å². The largest absolute Gasteiger partial charge is 0.383 e. The number of nitrogens with two attached hydrogens (primary N) is 1. The molecule has 0 bridgehead atoms. The summed E-state index contributed by atoms with van der Waals surface area (Å²) in [5.41, 5.74) is 14.7. The molecule has 0 radical (unpaired) electrons. The summed E-state index contributed by atoms with van der Waals surface area (Å²) < 4.78 is 2.45. The fourth-order valence-electron chi connectivity index (χ4n) is 5.50. The van der Waals surface area contributed by atoms with E-state index in [0.717, 1.165) is 22.3 Å². The number of amidine groups is 2. The van der Waals surface area contributed by atoms with Gasteiger partial charge in [-0.2, -0.15) is 0 Å². The van der Waals surface area contributed by atoms with Crippen LogP contribution in [0.3, 0.4) is 0 Å². The molecule has 0 amide bonds. The second kappa shape index (κ2) is 10.9. The van der Waals surface area contributed by atoms with Crippen molar-refractivity contribution in [3.63, 3.8) is 0 Å². The average molecular weight is 558 g/mol. The Morgan fingerprint density at radius 1 is 0.548 bits per heavy atom. The van der Waals surface area contributed by atoms with Gasteiger partial charge in [0.25, 0.3) is 0 Å². The minimum absolute atomic E-state index is 0.141. The maximum absolute atomic E-state index is 8.89. The van der Waals surface area contributed by atoms with E-state index < -0.39 is 0 Å². The number of rotatable bonds is 5. The van der Waals surface area contributed by atoms with Crippen molar-refractivity contribution in [1.29, 1.82) is 5.41 Å². The zero-order chi connectivity index (χ0) is 28.5. The molecule has 1 heterocycles. The molecule has 0 aliphatic rings. The molecular weight excluding hydrogens is 531 g/mol. The molecule has 7 rings (SSSR count). The highest BCUT2D eigenvalue weighted by Crippen LogP contribution is 2.42. The number of benzene rings is 6. The minimum atomic E-state index is 0.141. The van der Waals surface area contributed by atoms with Gasteiger partial charge in [0.1, 0.15) is 5.84 Å². The van der Waals surface area contributed by atoms with E-state index in [4.69, 9.17) is 11.1 Å². The van der Waals surface area contributed by atoms with Crippen LogP contribution in [0.15, 0.2) is 151 Å². The van der Waals surface area contributed by atoms with Crippen molar-refractivity contribution in [2.24, 2.45) is 10.7 Å². The van der Waals surface area contributed by atoms with Crippen molar-refractivity contribution >= 4 is 43.2 Å². The van der Waals surface area contributed by atoms with Crippen LogP contribution >= 0.6 is 11.3 Å². The van der Waals surface area contributed by atoms with Gasteiger partial charge in [-0.15, -0.1) is 11.3 Å². The molecule has 1 aromatic heterocycles. The molecule has 4 heteroatoms. The molecular formula is C38H27N3S. The lowest BCUT2D eigenvalue weighted by molar-refractivity contribution is 1.40. The summed E-state index contributed by atoms with van der Waals surface area (Å²) in [5.74, 6) is 0.472. The second-order valence-corrected chi connectivity index (χ2v) is 11.3. The van der Waals surface area contributed by atoms with Crippen LogP contribution in [-0.4, -0.2) is 11.7 Å². The zero-order valence-corrected chi connectivity index (χ0v) is 23.6. The summed E-state index contributed by atoms with van der Waals surface area (Å²) in [5, 5.41) is 11.3. The second-order valence-electron chi connectivity index (χ2n) is 10.2. The first-order valence-corrected chi connectivity index (χ1v) is 14.7. The minimum Gasteiger partial charge on any atom is -0.383 e. The van der Waals surface area contributed by atoms with Crippen molar-refractivity contribution in [1.82, 2.24) is 0 Å². The van der Waals surface area contributed by atoms with Crippen LogP contribution in [0.5, 0.6) is 0 Å². The van der Waals surface area contributed by atoms with Crippen molar-refractivity contribution in [3.05, 3.63) is 157 Å². The van der Waals surface area contributed by atoms with E-state index in [-0.39, 0.29) is 5.84 Å². The van der Waals surface area contributed by atoms with Crippen LogP contribution in [0.1, 0.15) is 11.1 Å². The van der Waals surface area contributed by atoms with E-state index in [1.807, 2.05) is 54.6 Å². The van der Waals surface area contributed by atoms with Gasteiger partial charge < -0.3 is 5.73 Å². The highest BCUT2D eigenvalue weighted by Gasteiger charge is 2.16. The monoisotopic (exact) mass is 557 g/mol. The van der Waals surface area contributed by atoms with E-state index in [2.05, 4.69) is 96.0 Å². The fraction of sp³-hybridized carbons (Fsp3) is 0. The Balaban J connectivity index is 1.32. The Labute approximate surface area is 248 Å². The lowest BCUT2D eigenvalue weighted by Gasteiger charge is -2.11. The van der Waals surface area contributed by atoms with Gasteiger partial charge in [0.05, 0.1) is 0 Å². The predicted octanol–water partition coefficient (Wildman–Crippen LogP) is 9.79. The maximum atomic E-state index is 8.89. The number of hydrogen-bond acceptors (Lipinski definition) is 2. The van der Waals surface area contributed by atoms with Gasteiger partial charge in [0.2, 0.25) is 0 Å². The summed E-state index contributed by atoms with van der Waals surface area (Å²) in [4.78, 5) is 4.50. The topological polar surface area (TPSA) is 62.2 Å².